The minimum Gasteiger partial charge on any atom is -0.373 e. The third-order valence-electron chi connectivity index (χ3n) is 3.09. The largest absolute Gasteiger partial charge is 0.373 e. The summed E-state index contributed by atoms with van der Waals surface area (Å²) in [6.07, 6.45) is 3.92. The van der Waals surface area contributed by atoms with Gasteiger partial charge in [0.15, 0.2) is 0 Å². The van der Waals surface area contributed by atoms with Gasteiger partial charge >= 0.3 is 0 Å². The van der Waals surface area contributed by atoms with E-state index in [-0.39, 0.29) is 6.10 Å². The minimum absolute atomic E-state index is 0.0380. The van der Waals surface area contributed by atoms with Gasteiger partial charge in [0.2, 0.25) is 0 Å². The molecule has 0 amide bonds. The van der Waals surface area contributed by atoms with Crippen molar-refractivity contribution in [1.29, 1.82) is 0 Å². The summed E-state index contributed by atoms with van der Waals surface area (Å²) in [7, 11) is 1.70. The quantitative estimate of drug-likeness (QED) is 0.456. The van der Waals surface area contributed by atoms with Crippen molar-refractivity contribution in [2.75, 3.05) is 13.7 Å². The molecule has 21 heavy (non-hydrogen) atoms. The predicted molar refractivity (Wildman–Crippen MR) is 84.6 cm³/mol. The Hall–Kier alpha value is -1.94. The lowest BCUT2D eigenvalue weighted by Crippen LogP contribution is -2.14. The average Bonchev–Trinajstić information content (AvgIpc) is 2.56. The first-order chi connectivity index (χ1) is 10.4. The first-order valence-corrected chi connectivity index (χ1v) is 7.03. The second-order valence-corrected chi connectivity index (χ2v) is 4.61. The second kappa shape index (κ2) is 9.08. The van der Waals surface area contributed by atoms with Crippen LogP contribution in [-0.4, -0.2) is 13.7 Å². The van der Waals surface area contributed by atoms with Crippen molar-refractivity contribution in [1.82, 2.24) is 5.48 Å². The van der Waals surface area contributed by atoms with Crippen LogP contribution in [0.3, 0.4) is 0 Å². The second-order valence-electron chi connectivity index (χ2n) is 4.61. The van der Waals surface area contributed by atoms with E-state index >= 15 is 0 Å². The highest BCUT2D eigenvalue weighted by molar-refractivity contribution is 5.21. The molecule has 0 aliphatic carbocycles. The highest BCUT2D eigenvalue weighted by atomic mass is 16.6. The van der Waals surface area contributed by atoms with Crippen LogP contribution in [0, 0.1) is 0 Å². The fraction of sp³-hybridized carbons (Fsp3) is 0.222. The number of hydrogen-bond acceptors (Lipinski definition) is 3. The molecular formula is C18H21NO2. The summed E-state index contributed by atoms with van der Waals surface area (Å²) in [6.45, 7) is 1.20. The lowest BCUT2D eigenvalue weighted by Gasteiger charge is -2.11. The number of ether oxygens (including phenoxy) is 1. The highest BCUT2D eigenvalue weighted by Gasteiger charge is 2.04. The maximum Gasteiger partial charge on any atom is 0.100 e. The van der Waals surface area contributed by atoms with Gasteiger partial charge in [-0.2, -0.15) is 5.48 Å². The molecule has 3 heteroatoms. The molecule has 0 bridgehead atoms. The monoisotopic (exact) mass is 283 g/mol. The van der Waals surface area contributed by atoms with Crippen LogP contribution in [0.25, 0.3) is 0 Å². The molecule has 0 aliphatic heterocycles. The molecule has 0 heterocycles. The molecule has 2 aromatic rings. The number of rotatable bonds is 8. The Bertz CT molecular complexity index is 525. The normalized spacial score (nSPS) is 12.6. The van der Waals surface area contributed by atoms with Gasteiger partial charge in [0.05, 0.1) is 6.61 Å². The van der Waals surface area contributed by atoms with Gasteiger partial charge in [0, 0.05) is 13.7 Å². The van der Waals surface area contributed by atoms with Gasteiger partial charge in [-0.3, -0.25) is 4.84 Å². The van der Waals surface area contributed by atoms with Crippen molar-refractivity contribution < 1.29 is 9.57 Å². The number of hydrogen-bond donors (Lipinski definition) is 1. The van der Waals surface area contributed by atoms with Crippen LogP contribution in [0.1, 0.15) is 17.2 Å². The van der Waals surface area contributed by atoms with Gasteiger partial charge < -0.3 is 4.74 Å². The van der Waals surface area contributed by atoms with Crippen molar-refractivity contribution in [3.63, 3.8) is 0 Å². The molecule has 0 fully saturated rings. The SMILES string of the molecule is COC(/C=C\CONCc1ccccc1)c1ccccc1. The maximum atomic E-state index is 5.45. The maximum absolute atomic E-state index is 5.45. The first-order valence-electron chi connectivity index (χ1n) is 7.03. The summed E-state index contributed by atoms with van der Waals surface area (Å²) in [6, 6.07) is 20.3. The molecule has 0 aliphatic rings. The van der Waals surface area contributed by atoms with Crippen molar-refractivity contribution in [3.05, 3.63) is 83.9 Å². The van der Waals surface area contributed by atoms with Crippen LogP contribution in [0.5, 0.6) is 0 Å². The number of nitrogens with one attached hydrogen (secondary N) is 1. The Kier molecular flexibility index (Phi) is 6.68. The molecule has 0 saturated heterocycles. The van der Waals surface area contributed by atoms with Crippen molar-refractivity contribution in [2.24, 2.45) is 0 Å². The van der Waals surface area contributed by atoms with E-state index in [2.05, 4.69) is 17.6 Å². The molecule has 0 aromatic heterocycles. The number of methoxy groups -OCH3 is 1. The van der Waals surface area contributed by atoms with Crippen LogP contribution in [0.2, 0.25) is 0 Å². The summed E-state index contributed by atoms with van der Waals surface area (Å²) in [5.74, 6) is 0. The Morgan fingerprint density at radius 3 is 2.33 bits per heavy atom. The first kappa shape index (κ1) is 15.4. The average molecular weight is 283 g/mol. The number of hydroxylamine groups is 1. The highest BCUT2D eigenvalue weighted by Crippen LogP contribution is 2.17. The smallest absolute Gasteiger partial charge is 0.100 e. The van der Waals surface area contributed by atoms with E-state index < -0.39 is 0 Å². The van der Waals surface area contributed by atoms with E-state index in [0.717, 1.165) is 5.56 Å². The van der Waals surface area contributed by atoms with Crippen LogP contribution < -0.4 is 5.48 Å². The van der Waals surface area contributed by atoms with E-state index in [1.54, 1.807) is 7.11 Å². The van der Waals surface area contributed by atoms with E-state index in [0.29, 0.717) is 13.2 Å². The van der Waals surface area contributed by atoms with Crippen LogP contribution in [-0.2, 0) is 16.1 Å². The van der Waals surface area contributed by atoms with Gasteiger partial charge in [-0.05, 0) is 11.1 Å². The van der Waals surface area contributed by atoms with Crippen molar-refractivity contribution >= 4 is 0 Å². The predicted octanol–water partition coefficient (Wildman–Crippen LogP) is 3.65. The van der Waals surface area contributed by atoms with Gasteiger partial charge in [-0.1, -0.05) is 72.8 Å². The summed E-state index contributed by atoms with van der Waals surface area (Å²) in [5.41, 5.74) is 5.27. The lowest BCUT2D eigenvalue weighted by atomic mass is 10.1. The van der Waals surface area contributed by atoms with Crippen molar-refractivity contribution in [3.8, 4) is 0 Å². The zero-order chi connectivity index (χ0) is 14.8. The fourth-order valence-corrected chi connectivity index (χ4v) is 1.98. The third kappa shape index (κ3) is 5.52. The Balaban J connectivity index is 1.70. The Morgan fingerprint density at radius 1 is 1.00 bits per heavy atom. The van der Waals surface area contributed by atoms with Crippen LogP contribution >= 0.6 is 0 Å². The molecule has 0 saturated carbocycles. The number of benzene rings is 2. The summed E-state index contributed by atoms with van der Waals surface area (Å²) < 4.78 is 5.45. The summed E-state index contributed by atoms with van der Waals surface area (Å²) in [4.78, 5) is 5.38. The summed E-state index contributed by atoms with van der Waals surface area (Å²) >= 11 is 0. The fourth-order valence-electron chi connectivity index (χ4n) is 1.98. The Labute approximate surface area is 126 Å². The van der Waals surface area contributed by atoms with Crippen LogP contribution in [0.15, 0.2) is 72.8 Å². The standard InChI is InChI=1S/C18H21NO2/c1-20-18(17-11-6-3-7-12-17)13-8-14-21-19-15-16-9-4-2-5-10-16/h2-13,18-19H,14-15H2,1H3/b13-8-. The van der Waals surface area contributed by atoms with Gasteiger partial charge in [-0.15, -0.1) is 0 Å². The van der Waals surface area contributed by atoms with Gasteiger partial charge in [0.25, 0.3) is 0 Å². The van der Waals surface area contributed by atoms with Crippen LogP contribution in [0.4, 0.5) is 0 Å². The molecule has 110 valence electrons. The van der Waals surface area contributed by atoms with E-state index in [4.69, 9.17) is 9.57 Å². The van der Waals surface area contributed by atoms with Gasteiger partial charge in [0.1, 0.15) is 6.10 Å². The molecule has 2 rings (SSSR count). The molecule has 2 aromatic carbocycles. The van der Waals surface area contributed by atoms with Gasteiger partial charge in [-0.25, -0.2) is 0 Å². The zero-order valence-corrected chi connectivity index (χ0v) is 12.2. The lowest BCUT2D eigenvalue weighted by molar-refractivity contribution is 0.0568. The zero-order valence-electron chi connectivity index (χ0n) is 12.2. The topological polar surface area (TPSA) is 30.5 Å². The van der Waals surface area contributed by atoms with E-state index in [1.807, 2.05) is 60.7 Å². The molecular weight excluding hydrogens is 262 g/mol. The van der Waals surface area contributed by atoms with E-state index in [1.165, 1.54) is 5.56 Å². The molecule has 1 atom stereocenters. The summed E-state index contributed by atoms with van der Waals surface area (Å²) in [5, 5.41) is 0. The molecule has 3 nitrogen and oxygen atoms in total. The molecule has 1 unspecified atom stereocenters. The molecule has 1 N–H and O–H groups in total. The van der Waals surface area contributed by atoms with E-state index in [9.17, 15) is 0 Å². The molecule has 0 radical (unpaired) electrons. The third-order valence-corrected chi connectivity index (χ3v) is 3.09. The van der Waals surface area contributed by atoms with Crippen molar-refractivity contribution in [2.45, 2.75) is 12.6 Å². The minimum atomic E-state index is -0.0380. The Morgan fingerprint density at radius 2 is 1.67 bits per heavy atom. The molecule has 0 spiro atoms.